The second kappa shape index (κ2) is 9.78. The molecule has 0 radical (unpaired) electrons. The van der Waals surface area contributed by atoms with Gasteiger partial charge in [0.2, 0.25) is 5.91 Å². The van der Waals surface area contributed by atoms with E-state index in [2.05, 4.69) is 10.6 Å². The van der Waals surface area contributed by atoms with Crippen LogP contribution in [0.1, 0.15) is 36.0 Å². The van der Waals surface area contributed by atoms with Crippen molar-refractivity contribution >= 4 is 24.2 Å². The van der Waals surface area contributed by atoms with Crippen molar-refractivity contribution < 1.29 is 9.59 Å². The predicted octanol–water partition coefficient (Wildman–Crippen LogP) is 2.08. The van der Waals surface area contributed by atoms with Crippen LogP contribution in [0.2, 0.25) is 0 Å². The van der Waals surface area contributed by atoms with Crippen molar-refractivity contribution in [2.45, 2.75) is 25.7 Å². The fourth-order valence-electron chi connectivity index (χ4n) is 3.20. The fraction of sp³-hybridized carbons (Fsp3) is 0.579. The summed E-state index contributed by atoms with van der Waals surface area (Å²) in [5.74, 6) is 1.29. The van der Waals surface area contributed by atoms with Crippen molar-refractivity contribution in [1.29, 1.82) is 0 Å². The third-order valence-corrected chi connectivity index (χ3v) is 4.87. The van der Waals surface area contributed by atoms with Crippen LogP contribution in [0.25, 0.3) is 0 Å². The number of benzene rings is 1. The number of nitrogens with one attached hydrogen (secondary N) is 2. The summed E-state index contributed by atoms with van der Waals surface area (Å²) in [7, 11) is 0. The van der Waals surface area contributed by atoms with Gasteiger partial charge in [-0.15, -0.1) is 12.4 Å². The number of piperidine rings is 1. The van der Waals surface area contributed by atoms with Crippen LogP contribution in [-0.4, -0.2) is 49.4 Å². The molecule has 1 aliphatic carbocycles. The average molecular weight is 366 g/mol. The lowest BCUT2D eigenvalue weighted by atomic mass is 9.97. The topological polar surface area (TPSA) is 61.4 Å². The second-order valence-electron chi connectivity index (χ2n) is 7.00. The van der Waals surface area contributed by atoms with Crippen molar-refractivity contribution in [3.63, 3.8) is 0 Å². The molecule has 3 rings (SSSR count). The normalized spacial score (nSPS) is 19.8. The summed E-state index contributed by atoms with van der Waals surface area (Å²) in [6, 6.07) is 9.27. The van der Waals surface area contributed by atoms with Crippen molar-refractivity contribution in [1.82, 2.24) is 15.5 Å². The predicted molar refractivity (Wildman–Crippen MR) is 101 cm³/mol. The van der Waals surface area contributed by atoms with Crippen molar-refractivity contribution in [3.05, 3.63) is 35.9 Å². The van der Waals surface area contributed by atoms with Gasteiger partial charge < -0.3 is 15.5 Å². The first-order chi connectivity index (χ1) is 11.7. The van der Waals surface area contributed by atoms with E-state index < -0.39 is 0 Å². The molecule has 2 fully saturated rings. The Morgan fingerprint density at radius 3 is 2.52 bits per heavy atom. The Morgan fingerprint density at radius 1 is 1.04 bits per heavy atom. The van der Waals surface area contributed by atoms with Crippen LogP contribution >= 0.6 is 12.4 Å². The van der Waals surface area contributed by atoms with Gasteiger partial charge in [-0.2, -0.15) is 0 Å². The van der Waals surface area contributed by atoms with Gasteiger partial charge in [0.15, 0.2) is 0 Å². The molecule has 0 bridgehead atoms. The Morgan fingerprint density at radius 2 is 1.80 bits per heavy atom. The number of hydrogen-bond donors (Lipinski definition) is 2. The Kier molecular flexibility index (Phi) is 7.72. The molecule has 2 amide bonds. The Hall–Kier alpha value is -1.59. The van der Waals surface area contributed by atoms with Gasteiger partial charge in [0.25, 0.3) is 5.91 Å². The number of hydrogen-bond acceptors (Lipinski definition) is 3. The molecule has 1 aromatic rings. The van der Waals surface area contributed by atoms with Gasteiger partial charge in [-0.3, -0.25) is 9.59 Å². The molecular formula is C19H28ClN3O2. The molecule has 2 aliphatic rings. The minimum absolute atomic E-state index is 0. The van der Waals surface area contributed by atoms with Crippen molar-refractivity contribution in [3.8, 4) is 0 Å². The number of rotatable bonds is 7. The number of carbonyl (C=O) groups excluding carboxylic acids is 2. The Balaban J connectivity index is 0.00000225. The van der Waals surface area contributed by atoms with Crippen LogP contribution in [0.15, 0.2) is 30.3 Å². The van der Waals surface area contributed by atoms with E-state index in [0.29, 0.717) is 24.6 Å². The summed E-state index contributed by atoms with van der Waals surface area (Å²) >= 11 is 0. The summed E-state index contributed by atoms with van der Waals surface area (Å²) in [6.07, 6.45) is 4.68. The highest BCUT2D eigenvalue weighted by Gasteiger charge is 2.25. The van der Waals surface area contributed by atoms with Crippen molar-refractivity contribution in [2.75, 3.05) is 32.7 Å². The maximum atomic E-state index is 12.3. The second-order valence-corrected chi connectivity index (χ2v) is 7.00. The van der Waals surface area contributed by atoms with Crippen LogP contribution in [0.4, 0.5) is 0 Å². The van der Waals surface area contributed by atoms with Crippen LogP contribution in [0, 0.1) is 11.8 Å². The monoisotopic (exact) mass is 365 g/mol. The Labute approximate surface area is 155 Å². The quantitative estimate of drug-likeness (QED) is 0.777. The summed E-state index contributed by atoms with van der Waals surface area (Å²) < 4.78 is 0. The largest absolute Gasteiger partial charge is 0.352 e. The van der Waals surface area contributed by atoms with E-state index in [0.717, 1.165) is 38.4 Å². The zero-order valence-electron chi connectivity index (χ0n) is 14.6. The van der Waals surface area contributed by atoms with Gasteiger partial charge in [0.05, 0.1) is 6.54 Å². The highest BCUT2D eigenvalue weighted by atomic mass is 35.5. The molecule has 0 aromatic heterocycles. The summed E-state index contributed by atoms with van der Waals surface area (Å²) in [4.78, 5) is 26.3. The van der Waals surface area contributed by atoms with Crippen LogP contribution < -0.4 is 10.6 Å². The summed E-state index contributed by atoms with van der Waals surface area (Å²) in [6.45, 7) is 3.63. The van der Waals surface area contributed by atoms with E-state index >= 15 is 0 Å². The fourth-order valence-corrected chi connectivity index (χ4v) is 3.20. The highest BCUT2D eigenvalue weighted by Crippen LogP contribution is 2.27. The minimum atomic E-state index is -0.0369. The van der Waals surface area contributed by atoms with Gasteiger partial charge in [0.1, 0.15) is 0 Å². The molecule has 0 spiro atoms. The maximum Gasteiger partial charge on any atom is 0.251 e. The molecule has 1 aliphatic heterocycles. The lowest BCUT2D eigenvalue weighted by Crippen LogP contribution is -2.46. The lowest BCUT2D eigenvalue weighted by Gasteiger charge is -2.33. The summed E-state index contributed by atoms with van der Waals surface area (Å²) in [5, 5.41) is 6.27. The lowest BCUT2D eigenvalue weighted by molar-refractivity contribution is -0.132. The van der Waals surface area contributed by atoms with Gasteiger partial charge in [0, 0.05) is 25.2 Å². The molecule has 1 unspecified atom stereocenters. The molecule has 1 heterocycles. The third kappa shape index (κ3) is 6.33. The molecule has 2 N–H and O–H groups in total. The molecule has 138 valence electrons. The number of amides is 2. The minimum Gasteiger partial charge on any atom is -0.352 e. The van der Waals surface area contributed by atoms with E-state index in [4.69, 9.17) is 0 Å². The first-order valence-electron chi connectivity index (χ1n) is 9.04. The van der Waals surface area contributed by atoms with Crippen LogP contribution in [0.3, 0.4) is 0 Å². The molecule has 6 heteroatoms. The molecular weight excluding hydrogens is 338 g/mol. The average Bonchev–Trinajstić information content (AvgIpc) is 3.45. The molecule has 1 saturated heterocycles. The van der Waals surface area contributed by atoms with E-state index in [9.17, 15) is 9.59 Å². The third-order valence-electron chi connectivity index (χ3n) is 4.87. The highest BCUT2D eigenvalue weighted by molar-refractivity contribution is 5.94. The standard InChI is InChI=1S/C19H27N3O2.ClH/c23-18(13-20-11-15-8-9-15)22-10-4-5-16(14-22)12-21-19(24)17-6-2-1-3-7-17;/h1-3,6-7,15-16,20H,4-5,8-14H2,(H,21,24);1H. The zero-order chi connectivity index (χ0) is 16.8. The maximum absolute atomic E-state index is 12.3. The number of carbonyl (C=O) groups is 2. The van der Waals surface area contributed by atoms with Gasteiger partial charge >= 0.3 is 0 Å². The number of nitrogens with zero attached hydrogens (tertiary/aromatic N) is 1. The first kappa shape index (κ1) is 19.7. The van der Waals surface area contributed by atoms with Crippen LogP contribution in [-0.2, 0) is 4.79 Å². The van der Waals surface area contributed by atoms with E-state index in [1.807, 2.05) is 35.2 Å². The molecule has 1 aromatic carbocycles. The number of halogens is 1. The van der Waals surface area contributed by atoms with E-state index in [1.165, 1.54) is 12.8 Å². The smallest absolute Gasteiger partial charge is 0.251 e. The van der Waals surface area contributed by atoms with Crippen LogP contribution in [0.5, 0.6) is 0 Å². The van der Waals surface area contributed by atoms with Gasteiger partial charge in [-0.25, -0.2) is 0 Å². The van der Waals surface area contributed by atoms with Gasteiger partial charge in [-0.05, 0) is 56.2 Å². The molecule has 5 nitrogen and oxygen atoms in total. The summed E-state index contributed by atoms with van der Waals surface area (Å²) in [5.41, 5.74) is 0.686. The van der Waals surface area contributed by atoms with E-state index in [-0.39, 0.29) is 24.2 Å². The Bertz CT molecular complexity index is 563. The van der Waals surface area contributed by atoms with Gasteiger partial charge in [-0.1, -0.05) is 18.2 Å². The number of likely N-dealkylation sites (tertiary alicyclic amines) is 1. The van der Waals surface area contributed by atoms with E-state index in [1.54, 1.807) is 0 Å². The van der Waals surface area contributed by atoms with Crippen molar-refractivity contribution in [2.24, 2.45) is 11.8 Å². The zero-order valence-corrected chi connectivity index (χ0v) is 15.4. The molecule has 1 atom stereocenters. The molecule has 1 saturated carbocycles. The SMILES string of the molecule is Cl.O=C(NCC1CCCN(C(=O)CNCC2CC2)C1)c1ccccc1. The molecule has 25 heavy (non-hydrogen) atoms. The first-order valence-corrected chi connectivity index (χ1v) is 9.04.